The van der Waals surface area contributed by atoms with E-state index < -0.39 is 5.60 Å². The van der Waals surface area contributed by atoms with E-state index in [1.807, 2.05) is 19.1 Å². The lowest BCUT2D eigenvalue weighted by atomic mass is 9.84. The molecule has 15 heavy (non-hydrogen) atoms. The predicted octanol–water partition coefficient (Wildman–Crippen LogP) is 3.56. The van der Waals surface area contributed by atoms with Crippen molar-refractivity contribution in [3.05, 3.63) is 34.9 Å². The summed E-state index contributed by atoms with van der Waals surface area (Å²) in [5, 5.41) is 10.5. The van der Waals surface area contributed by atoms with E-state index in [1.54, 1.807) is 0 Å². The van der Waals surface area contributed by atoms with Crippen LogP contribution < -0.4 is 0 Å². The van der Waals surface area contributed by atoms with Gasteiger partial charge in [0.25, 0.3) is 0 Å². The second-order valence-electron chi connectivity index (χ2n) is 5.12. The third-order valence-corrected chi connectivity index (χ3v) is 2.99. The summed E-state index contributed by atoms with van der Waals surface area (Å²) in [6, 6.07) is 6.14. The van der Waals surface area contributed by atoms with Gasteiger partial charge >= 0.3 is 0 Å². The number of aryl methyl sites for hydroxylation is 1. The summed E-state index contributed by atoms with van der Waals surface area (Å²) in [7, 11) is 0. The lowest BCUT2D eigenvalue weighted by Crippen LogP contribution is -2.24. The molecular formula is C14H22O. The van der Waals surface area contributed by atoms with Crippen LogP contribution in [0.2, 0.25) is 0 Å². The van der Waals surface area contributed by atoms with Crippen LogP contribution in [0.3, 0.4) is 0 Å². The molecule has 0 fully saturated rings. The second-order valence-corrected chi connectivity index (χ2v) is 5.12. The largest absolute Gasteiger partial charge is 0.385 e. The average molecular weight is 206 g/mol. The van der Waals surface area contributed by atoms with Crippen molar-refractivity contribution < 1.29 is 5.11 Å². The molecule has 1 aromatic carbocycles. The number of aliphatic hydroxyl groups is 1. The molecule has 0 heterocycles. The minimum atomic E-state index is -0.704. The molecule has 1 unspecified atom stereocenters. The molecule has 0 radical (unpaired) electrons. The summed E-state index contributed by atoms with van der Waals surface area (Å²) in [6.45, 7) is 10.4. The Bertz CT molecular complexity index is 337. The van der Waals surface area contributed by atoms with Crippen LogP contribution in [0.1, 0.15) is 43.9 Å². The Kier molecular flexibility index (Phi) is 3.56. The third kappa shape index (κ3) is 2.82. The zero-order valence-corrected chi connectivity index (χ0v) is 10.5. The van der Waals surface area contributed by atoms with Gasteiger partial charge in [0.1, 0.15) is 0 Å². The minimum Gasteiger partial charge on any atom is -0.385 e. The van der Waals surface area contributed by atoms with Crippen LogP contribution in [0.5, 0.6) is 0 Å². The molecule has 0 aliphatic carbocycles. The van der Waals surface area contributed by atoms with Crippen molar-refractivity contribution in [2.45, 2.75) is 46.6 Å². The highest BCUT2D eigenvalue weighted by atomic mass is 16.3. The Morgan fingerprint density at radius 2 is 1.87 bits per heavy atom. The molecule has 0 amide bonds. The van der Waals surface area contributed by atoms with E-state index >= 15 is 0 Å². The van der Waals surface area contributed by atoms with Gasteiger partial charge in [-0.25, -0.2) is 0 Å². The molecular weight excluding hydrogens is 184 g/mol. The normalized spacial score (nSPS) is 15.4. The van der Waals surface area contributed by atoms with Crippen LogP contribution in [-0.2, 0) is 5.60 Å². The maximum absolute atomic E-state index is 10.5. The van der Waals surface area contributed by atoms with E-state index in [-0.39, 0.29) is 0 Å². The molecule has 0 saturated heterocycles. The second kappa shape index (κ2) is 4.36. The Morgan fingerprint density at radius 1 is 1.27 bits per heavy atom. The van der Waals surface area contributed by atoms with Crippen LogP contribution in [0, 0.1) is 19.8 Å². The van der Waals surface area contributed by atoms with Gasteiger partial charge < -0.3 is 5.11 Å². The standard InChI is InChI=1S/C14H22O/c1-10(2)9-14(5,15)13-8-6-7-11(3)12(13)4/h6-8,10,15H,9H2,1-5H3. The van der Waals surface area contributed by atoms with Crippen molar-refractivity contribution in [1.82, 2.24) is 0 Å². The van der Waals surface area contributed by atoms with Gasteiger partial charge in [-0.3, -0.25) is 0 Å². The molecule has 1 nitrogen and oxygen atoms in total. The van der Waals surface area contributed by atoms with Crippen molar-refractivity contribution in [3.63, 3.8) is 0 Å². The fourth-order valence-corrected chi connectivity index (χ4v) is 2.24. The molecule has 0 saturated carbocycles. The van der Waals surface area contributed by atoms with Crippen LogP contribution in [-0.4, -0.2) is 5.11 Å². The van der Waals surface area contributed by atoms with Crippen molar-refractivity contribution in [3.8, 4) is 0 Å². The fraction of sp³-hybridized carbons (Fsp3) is 0.571. The maximum atomic E-state index is 10.5. The fourth-order valence-electron chi connectivity index (χ4n) is 2.24. The quantitative estimate of drug-likeness (QED) is 0.801. The highest BCUT2D eigenvalue weighted by Crippen LogP contribution is 2.31. The third-order valence-electron chi connectivity index (χ3n) is 2.99. The molecule has 0 spiro atoms. The molecule has 0 aliphatic rings. The summed E-state index contributed by atoms with van der Waals surface area (Å²) in [5.41, 5.74) is 2.82. The highest BCUT2D eigenvalue weighted by Gasteiger charge is 2.26. The topological polar surface area (TPSA) is 20.2 Å². The molecule has 84 valence electrons. The summed E-state index contributed by atoms with van der Waals surface area (Å²) in [6.07, 6.45) is 0.803. The highest BCUT2D eigenvalue weighted by molar-refractivity contribution is 5.36. The van der Waals surface area contributed by atoms with Crippen molar-refractivity contribution >= 4 is 0 Å². The van der Waals surface area contributed by atoms with Gasteiger partial charge in [0, 0.05) is 0 Å². The van der Waals surface area contributed by atoms with Gasteiger partial charge in [-0.05, 0) is 49.8 Å². The van der Waals surface area contributed by atoms with Gasteiger partial charge in [0.15, 0.2) is 0 Å². The first kappa shape index (κ1) is 12.3. The number of benzene rings is 1. The first-order valence-electron chi connectivity index (χ1n) is 5.63. The number of rotatable bonds is 3. The Hall–Kier alpha value is -0.820. The smallest absolute Gasteiger partial charge is 0.0873 e. The molecule has 1 rings (SSSR count). The van der Waals surface area contributed by atoms with E-state index in [4.69, 9.17) is 0 Å². The van der Waals surface area contributed by atoms with E-state index in [9.17, 15) is 5.11 Å². The van der Waals surface area contributed by atoms with Gasteiger partial charge in [0.05, 0.1) is 5.60 Å². The zero-order chi connectivity index (χ0) is 11.6. The van der Waals surface area contributed by atoms with Gasteiger partial charge in [-0.1, -0.05) is 32.0 Å². The maximum Gasteiger partial charge on any atom is 0.0873 e. The Morgan fingerprint density at radius 3 is 2.40 bits per heavy atom. The average Bonchev–Trinajstić information content (AvgIpc) is 2.07. The van der Waals surface area contributed by atoms with Crippen molar-refractivity contribution in [2.24, 2.45) is 5.92 Å². The SMILES string of the molecule is Cc1cccc(C(C)(O)CC(C)C)c1C. The summed E-state index contributed by atoms with van der Waals surface area (Å²) >= 11 is 0. The predicted molar refractivity (Wildman–Crippen MR) is 64.9 cm³/mol. The lowest BCUT2D eigenvalue weighted by molar-refractivity contribution is 0.0342. The van der Waals surface area contributed by atoms with Gasteiger partial charge in [-0.15, -0.1) is 0 Å². The molecule has 1 heteroatoms. The van der Waals surface area contributed by atoms with Crippen molar-refractivity contribution in [1.29, 1.82) is 0 Å². The molecule has 0 aliphatic heterocycles. The zero-order valence-electron chi connectivity index (χ0n) is 10.5. The monoisotopic (exact) mass is 206 g/mol. The molecule has 1 aromatic rings. The first-order valence-corrected chi connectivity index (χ1v) is 5.63. The molecule has 1 N–H and O–H groups in total. The Labute approximate surface area is 93.1 Å². The summed E-state index contributed by atoms with van der Waals surface area (Å²) in [5.74, 6) is 0.500. The van der Waals surface area contributed by atoms with Gasteiger partial charge in [-0.2, -0.15) is 0 Å². The van der Waals surface area contributed by atoms with Gasteiger partial charge in [0.2, 0.25) is 0 Å². The van der Waals surface area contributed by atoms with Crippen LogP contribution in [0.25, 0.3) is 0 Å². The summed E-state index contributed by atoms with van der Waals surface area (Å²) < 4.78 is 0. The number of hydrogen-bond donors (Lipinski definition) is 1. The van der Waals surface area contributed by atoms with Crippen LogP contribution >= 0.6 is 0 Å². The summed E-state index contributed by atoms with van der Waals surface area (Å²) in [4.78, 5) is 0. The van der Waals surface area contributed by atoms with Crippen molar-refractivity contribution in [2.75, 3.05) is 0 Å². The first-order chi connectivity index (χ1) is 6.84. The van der Waals surface area contributed by atoms with E-state index in [2.05, 4.69) is 33.8 Å². The van der Waals surface area contributed by atoms with E-state index in [1.165, 1.54) is 11.1 Å². The minimum absolute atomic E-state index is 0.500. The molecule has 0 bridgehead atoms. The Balaban J connectivity index is 3.09. The molecule has 1 atom stereocenters. The lowest BCUT2D eigenvalue weighted by Gasteiger charge is -2.28. The van der Waals surface area contributed by atoms with Crippen LogP contribution in [0.15, 0.2) is 18.2 Å². The van der Waals surface area contributed by atoms with E-state index in [0.717, 1.165) is 12.0 Å². The number of hydrogen-bond acceptors (Lipinski definition) is 1. The van der Waals surface area contributed by atoms with Crippen LogP contribution in [0.4, 0.5) is 0 Å². The molecule has 0 aromatic heterocycles. The van der Waals surface area contributed by atoms with E-state index in [0.29, 0.717) is 5.92 Å².